The predicted molar refractivity (Wildman–Crippen MR) is 98.5 cm³/mol. The molecule has 140 valence electrons. The molecule has 0 spiro atoms. The number of pyridine rings is 1. The van der Waals surface area contributed by atoms with E-state index < -0.39 is 5.97 Å². The average Bonchev–Trinajstić information content (AvgIpc) is 3.03. The smallest absolute Gasteiger partial charge is 0.339 e. The number of piperidine rings is 1. The van der Waals surface area contributed by atoms with Crippen molar-refractivity contribution in [1.29, 1.82) is 0 Å². The van der Waals surface area contributed by atoms with Crippen molar-refractivity contribution in [1.82, 2.24) is 24.6 Å². The lowest BCUT2D eigenvalue weighted by Gasteiger charge is -2.33. The fourth-order valence-corrected chi connectivity index (χ4v) is 3.56. The zero-order valence-corrected chi connectivity index (χ0v) is 15.6. The Labute approximate surface area is 153 Å². The minimum Gasteiger partial charge on any atom is -0.478 e. The fraction of sp³-hybridized carbons (Fsp3) is 0.556. The van der Waals surface area contributed by atoms with Crippen LogP contribution in [0.3, 0.4) is 0 Å². The maximum absolute atomic E-state index is 11.4. The molecular formula is C18H26N6O2. The van der Waals surface area contributed by atoms with Crippen LogP contribution in [-0.2, 0) is 13.1 Å². The van der Waals surface area contributed by atoms with Crippen molar-refractivity contribution in [3.8, 4) is 0 Å². The summed E-state index contributed by atoms with van der Waals surface area (Å²) in [6.45, 7) is 5.28. The van der Waals surface area contributed by atoms with Crippen LogP contribution in [0, 0.1) is 0 Å². The molecule has 2 aromatic rings. The summed E-state index contributed by atoms with van der Waals surface area (Å²) in [4.78, 5) is 19.9. The third-order valence-corrected chi connectivity index (χ3v) is 4.81. The molecule has 0 aromatic carbocycles. The Morgan fingerprint density at radius 1 is 1.31 bits per heavy atom. The lowest BCUT2D eigenvalue weighted by atomic mass is 9.95. The third kappa shape index (κ3) is 3.70. The maximum Gasteiger partial charge on any atom is 0.339 e. The molecule has 0 aliphatic carbocycles. The number of rotatable bonds is 6. The van der Waals surface area contributed by atoms with Gasteiger partial charge in [-0.1, -0.05) is 0 Å². The second-order valence-corrected chi connectivity index (χ2v) is 6.90. The highest BCUT2D eigenvalue weighted by Crippen LogP contribution is 2.30. The normalized spacial score (nSPS) is 15.6. The average molecular weight is 358 g/mol. The third-order valence-electron chi connectivity index (χ3n) is 4.81. The standard InChI is InChI=1S/C18H26N6O2/c1-4-24-15(12-22(2)3)20-21-16(24)13-7-10-23(11-8-13)17-14(18(25)26)6-5-9-19-17/h5-6,9,13H,4,7-8,10-12H2,1-3H3,(H,25,26). The van der Waals surface area contributed by atoms with Crippen molar-refractivity contribution < 1.29 is 9.90 Å². The quantitative estimate of drug-likeness (QED) is 0.843. The molecule has 0 amide bonds. The van der Waals surface area contributed by atoms with Crippen molar-refractivity contribution in [3.63, 3.8) is 0 Å². The van der Waals surface area contributed by atoms with Gasteiger partial charge >= 0.3 is 5.97 Å². The summed E-state index contributed by atoms with van der Waals surface area (Å²) in [6, 6.07) is 3.27. The van der Waals surface area contributed by atoms with Gasteiger partial charge in [0.05, 0.1) is 6.54 Å². The summed E-state index contributed by atoms with van der Waals surface area (Å²) in [5.74, 6) is 2.00. The van der Waals surface area contributed by atoms with Gasteiger partial charge in [-0.05, 0) is 46.0 Å². The summed E-state index contributed by atoms with van der Waals surface area (Å²) in [5.41, 5.74) is 0.260. The summed E-state index contributed by atoms with van der Waals surface area (Å²) in [5, 5.41) is 18.2. The number of carboxylic acid groups (broad SMARTS) is 1. The highest BCUT2D eigenvalue weighted by atomic mass is 16.4. The van der Waals surface area contributed by atoms with E-state index in [1.54, 1.807) is 18.3 Å². The van der Waals surface area contributed by atoms with Gasteiger partial charge in [0.1, 0.15) is 23.0 Å². The Morgan fingerprint density at radius 2 is 2.04 bits per heavy atom. The first kappa shape index (κ1) is 18.3. The second-order valence-electron chi connectivity index (χ2n) is 6.90. The zero-order chi connectivity index (χ0) is 18.7. The number of hydrogen-bond acceptors (Lipinski definition) is 6. The molecule has 1 aliphatic heterocycles. The van der Waals surface area contributed by atoms with Gasteiger partial charge in [-0.3, -0.25) is 0 Å². The van der Waals surface area contributed by atoms with E-state index in [1.165, 1.54) is 0 Å². The largest absolute Gasteiger partial charge is 0.478 e. The van der Waals surface area contributed by atoms with E-state index in [4.69, 9.17) is 0 Å². The van der Waals surface area contributed by atoms with Gasteiger partial charge in [0.2, 0.25) is 0 Å². The van der Waals surface area contributed by atoms with E-state index in [-0.39, 0.29) is 5.56 Å². The number of hydrogen-bond donors (Lipinski definition) is 1. The van der Waals surface area contributed by atoms with Crippen LogP contribution < -0.4 is 4.90 Å². The number of carbonyl (C=O) groups is 1. The monoisotopic (exact) mass is 358 g/mol. The summed E-state index contributed by atoms with van der Waals surface area (Å²) in [6.07, 6.45) is 3.47. The molecule has 0 bridgehead atoms. The van der Waals surface area contributed by atoms with E-state index in [9.17, 15) is 9.90 Å². The van der Waals surface area contributed by atoms with E-state index >= 15 is 0 Å². The Hall–Kier alpha value is -2.48. The van der Waals surface area contributed by atoms with Crippen LogP contribution in [0.1, 0.15) is 47.7 Å². The number of carboxylic acids is 1. The molecule has 0 saturated carbocycles. The van der Waals surface area contributed by atoms with Crippen LogP contribution in [0.5, 0.6) is 0 Å². The fourth-order valence-electron chi connectivity index (χ4n) is 3.56. The van der Waals surface area contributed by atoms with Crippen molar-refractivity contribution in [2.45, 2.75) is 38.8 Å². The molecule has 8 nitrogen and oxygen atoms in total. The lowest BCUT2D eigenvalue weighted by molar-refractivity contribution is 0.0697. The zero-order valence-electron chi connectivity index (χ0n) is 15.6. The molecule has 3 rings (SSSR count). The Morgan fingerprint density at radius 3 is 2.65 bits per heavy atom. The van der Waals surface area contributed by atoms with Gasteiger partial charge in [0.25, 0.3) is 0 Å². The Kier molecular flexibility index (Phi) is 5.51. The molecule has 0 radical (unpaired) electrons. The molecule has 0 atom stereocenters. The van der Waals surface area contributed by atoms with Gasteiger partial charge < -0.3 is 19.5 Å². The van der Waals surface area contributed by atoms with E-state index in [2.05, 4.69) is 36.5 Å². The molecule has 26 heavy (non-hydrogen) atoms. The molecule has 1 N–H and O–H groups in total. The first-order valence-electron chi connectivity index (χ1n) is 9.01. The van der Waals surface area contributed by atoms with E-state index in [1.807, 2.05) is 14.1 Å². The highest BCUT2D eigenvalue weighted by molar-refractivity contribution is 5.93. The Bertz CT molecular complexity index is 765. The molecule has 1 aliphatic rings. The van der Waals surface area contributed by atoms with Crippen LogP contribution in [0.2, 0.25) is 0 Å². The van der Waals surface area contributed by atoms with E-state index in [0.29, 0.717) is 11.7 Å². The molecule has 1 fully saturated rings. The predicted octanol–water partition coefficient (Wildman–Crippen LogP) is 1.84. The number of nitrogens with zero attached hydrogens (tertiary/aromatic N) is 6. The number of aromatic carboxylic acids is 1. The maximum atomic E-state index is 11.4. The van der Waals surface area contributed by atoms with Crippen molar-refractivity contribution in [3.05, 3.63) is 35.5 Å². The molecule has 8 heteroatoms. The minimum atomic E-state index is -0.936. The highest BCUT2D eigenvalue weighted by Gasteiger charge is 2.28. The van der Waals surface area contributed by atoms with Crippen molar-refractivity contribution >= 4 is 11.8 Å². The first-order valence-corrected chi connectivity index (χ1v) is 9.01. The molecule has 3 heterocycles. The Balaban J connectivity index is 1.73. The van der Waals surface area contributed by atoms with Crippen molar-refractivity contribution in [2.24, 2.45) is 0 Å². The van der Waals surface area contributed by atoms with Crippen LogP contribution in [0.25, 0.3) is 0 Å². The molecular weight excluding hydrogens is 332 g/mol. The van der Waals surface area contributed by atoms with Crippen LogP contribution in [-0.4, -0.2) is 62.9 Å². The summed E-state index contributed by atoms with van der Waals surface area (Å²) in [7, 11) is 4.06. The van der Waals surface area contributed by atoms with Crippen LogP contribution >= 0.6 is 0 Å². The first-order chi connectivity index (χ1) is 12.5. The van der Waals surface area contributed by atoms with Gasteiger partial charge in [-0.25, -0.2) is 9.78 Å². The summed E-state index contributed by atoms with van der Waals surface area (Å²) >= 11 is 0. The van der Waals surface area contributed by atoms with Gasteiger partial charge in [0, 0.05) is 31.7 Å². The van der Waals surface area contributed by atoms with Crippen LogP contribution in [0.15, 0.2) is 18.3 Å². The molecule has 0 unspecified atom stereocenters. The number of anilines is 1. The van der Waals surface area contributed by atoms with Gasteiger partial charge in [-0.15, -0.1) is 10.2 Å². The second kappa shape index (κ2) is 7.82. The number of aromatic nitrogens is 4. The van der Waals surface area contributed by atoms with Gasteiger partial charge in [0.15, 0.2) is 0 Å². The van der Waals surface area contributed by atoms with E-state index in [0.717, 1.165) is 50.7 Å². The van der Waals surface area contributed by atoms with Crippen LogP contribution in [0.4, 0.5) is 5.82 Å². The molecule has 2 aromatic heterocycles. The topological polar surface area (TPSA) is 87.4 Å². The summed E-state index contributed by atoms with van der Waals surface area (Å²) < 4.78 is 2.21. The lowest BCUT2D eigenvalue weighted by Crippen LogP contribution is -2.35. The SMILES string of the molecule is CCn1c(CN(C)C)nnc1C1CCN(c2ncccc2C(=O)O)CC1. The molecule has 1 saturated heterocycles. The minimum absolute atomic E-state index is 0.260. The van der Waals surface area contributed by atoms with Gasteiger partial charge in [-0.2, -0.15) is 0 Å². The van der Waals surface area contributed by atoms with Crippen molar-refractivity contribution in [2.75, 3.05) is 32.1 Å².